The first-order chi connectivity index (χ1) is 17.8. The van der Waals surface area contributed by atoms with Gasteiger partial charge in [-0.3, -0.25) is 19.5 Å². The van der Waals surface area contributed by atoms with Crippen LogP contribution in [0.1, 0.15) is 11.1 Å². The molecule has 1 unspecified atom stereocenters. The summed E-state index contributed by atoms with van der Waals surface area (Å²) in [6, 6.07) is 15.5. The number of benzene rings is 2. The molecule has 4 amide bonds. The standard InChI is InChI=1S/C26H21ClN6O4/c1-31-24(36)30-23(35)26(31)12-15-10-17(27)18(11-16(15)13-26)29-22(34)14-32-19-6-2-3-7-20(19)33(25(32)37)21-8-4-5-9-28-21/h2-11H,12-14H2,1H3,(H,29,34)(H,30,35,36). The van der Waals surface area contributed by atoms with Crippen molar-refractivity contribution in [3.8, 4) is 5.82 Å². The van der Waals surface area contributed by atoms with Gasteiger partial charge in [-0.25, -0.2) is 19.1 Å². The van der Waals surface area contributed by atoms with Gasteiger partial charge >= 0.3 is 11.7 Å². The highest BCUT2D eigenvalue weighted by Crippen LogP contribution is 2.40. The number of amides is 4. The van der Waals surface area contributed by atoms with E-state index in [-0.39, 0.29) is 12.5 Å². The van der Waals surface area contributed by atoms with Crippen molar-refractivity contribution in [2.75, 3.05) is 12.4 Å². The Bertz CT molecular complexity index is 1680. The fourth-order valence-electron chi connectivity index (χ4n) is 5.22. The summed E-state index contributed by atoms with van der Waals surface area (Å²) >= 11 is 6.49. The van der Waals surface area contributed by atoms with Gasteiger partial charge in [0.15, 0.2) is 0 Å². The molecular weight excluding hydrogens is 496 g/mol. The van der Waals surface area contributed by atoms with Crippen molar-refractivity contribution >= 4 is 46.2 Å². The van der Waals surface area contributed by atoms with Crippen molar-refractivity contribution in [1.82, 2.24) is 24.3 Å². The number of likely N-dealkylation sites (N-methyl/N-ethyl adjacent to an activating group) is 1. The summed E-state index contributed by atoms with van der Waals surface area (Å²) in [7, 11) is 1.59. The van der Waals surface area contributed by atoms with Crippen molar-refractivity contribution < 1.29 is 14.4 Å². The molecule has 2 aliphatic rings. The second-order valence-electron chi connectivity index (χ2n) is 9.23. The zero-order valence-corrected chi connectivity index (χ0v) is 20.5. The Morgan fingerprint density at radius 3 is 2.43 bits per heavy atom. The normalized spacial score (nSPS) is 18.5. The number of imide groups is 1. The van der Waals surface area contributed by atoms with Gasteiger partial charge in [-0.1, -0.05) is 29.8 Å². The summed E-state index contributed by atoms with van der Waals surface area (Å²) in [5, 5.41) is 5.47. The molecule has 3 heterocycles. The lowest BCUT2D eigenvalue weighted by Crippen LogP contribution is -2.48. The molecule has 1 saturated heterocycles. The average Bonchev–Trinajstić information content (AvgIpc) is 3.46. The number of para-hydroxylation sites is 2. The van der Waals surface area contributed by atoms with Gasteiger partial charge in [0.25, 0.3) is 5.91 Å². The van der Waals surface area contributed by atoms with E-state index in [2.05, 4.69) is 15.6 Å². The molecule has 1 aliphatic carbocycles. The van der Waals surface area contributed by atoms with E-state index in [1.54, 1.807) is 61.8 Å². The number of fused-ring (bicyclic) bond motifs is 2. The summed E-state index contributed by atoms with van der Waals surface area (Å²) in [6.45, 7) is -0.240. The Balaban J connectivity index is 1.29. The molecule has 0 radical (unpaired) electrons. The highest BCUT2D eigenvalue weighted by molar-refractivity contribution is 6.33. The fourth-order valence-corrected chi connectivity index (χ4v) is 5.45. The molecule has 2 aromatic carbocycles. The number of imidazole rings is 1. The van der Waals surface area contributed by atoms with Crippen molar-refractivity contribution in [3.05, 3.63) is 87.4 Å². The number of anilines is 1. The van der Waals surface area contributed by atoms with Crippen LogP contribution in [0, 0.1) is 0 Å². The number of carbonyl (C=O) groups excluding carboxylic acids is 3. The summed E-state index contributed by atoms with van der Waals surface area (Å²) in [5.74, 6) is -0.328. The first-order valence-corrected chi connectivity index (χ1v) is 12.0. The van der Waals surface area contributed by atoms with E-state index in [0.717, 1.165) is 11.1 Å². The Morgan fingerprint density at radius 2 is 1.76 bits per heavy atom. The number of aromatic nitrogens is 3. The summed E-state index contributed by atoms with van der Waals surface area (Å²) in [4.78, 5) is 56.8. The first-order valence-electron chi connectivity index (χ1n) is 11.6. The smallest absolute Gasteiger partial charge is 0.323 e. The minimum Gasteiger partial charge on any atom is -0.323 e. The Hall–Kier alpha value is -4.44. The van der Waals surface area contributed by atoms with Crippen LogP contribution in [-0.2, 0) is 29.0 Å². The van der Waals surface area contributed by atoms with Crippen molar-refractivity contribution in [3.63, 3.8) is 0 Å². The van der Waals surface area contributed by atoms with Gasteiger partial charge in [0, 0.05) is 26.1 Å². The van der Waals surface area contributed by atoms with Crippen LogP contribution in [0.5, 0.6) is 0 Å². The van der Waals surface area contributed by atoms with E-state index in [9.17, 15) is 19.2 Å². The van der Waals surface area contributed by atoms with E-state index in [1.807, 2.05) is 6.07 Å². The van der Waals surface area contributed by atoms with Gasteiger partial charge in [0.05, 0.1) is 21.7 Å². The minimum absolute atomic E-state index is 0.240. The van der Waals surface area contributed by atoms with Crippen LogP contribution in [0.3, 0.4) is 0 Å². The van der Waals surface area contributed by atoms with Crippen LogP contribution in [0.4, 0.5) is 10.5 Å². The molecule has 186 valence electrons. The van der Waals surface area contributed by atoms with E-state index >= 15 is 0 Å². The van der Waals surface area contributed by atoms with Crippen molar-refractivity contribution in [2.45, 2.75) is 24.9 Å². The van der Waals surface area contributed by atoms with Crippen molar-refractivity contribution in [1.29, 1.82) is 0 Å². The number of nitrogens with zero attached hydrogens (tertiary/aromatic N) is 4. The fraction of sp³-hybridized carbons (Fsp3) is 0.192. The predicted molar refractivity (Wildman–Crippen MR) is 137 cm³/mol. The molecule has 11 heteroatoms. The van der Waals surface area contributed by atoms with E-state index < -0.39 is 23.2 Å². The molecule has 2 N–H and O–H groups in total. The number of nitrogens with one attached hydrogen (secondary N) is 2. The lowest BCUT2D eigenvalue weighted by molar-refractivity contribution is -0.125. The van der Waals surface area contributed by atoms with Gasteiger partial charge in [0.1, 0.15) is 17.9 Å². The van der Waals surface area contributed by atoms with Gasteiger partial charge in [0.2, 0.25) is 5.91 Å². The van der Waals surface area contributed by atoms with Crippen molar-refractivity contribution in [2.24, 2.45) is 0 Å². The Morgan fingerprint density at radius 1 is 1.05 bits per heavy atom. The molecule has 2 aromatic heterocycles. The van der Waals surface area contributed by atoms with Gasteiger partial charge in [-0.05, 0) is 47.5 Å². The minimum atomic E-state index is -0.994. The molecule has 37 heavy (non-hydrogen) atoms. The second kappa shape index (κ2) is 8.31. The van der Waals surface area contributed by atoms with E-state index in [0.29, 0.717) is 40.4 Å². The molecule has 6 rings (SSSR count). The SMILES string of the molecule is CN1C(=O)NC(=O)C12Cc1cc(Cl)c(NC(=O)Cn3c(=O)n(-c4ccccn4)c4ccccc43)cc1C2. The van der Waals surface area contributed by atoms with E-state index in [4.69, 9.17) is 11.6 Å². The molecule has 1 spiro atoms. The average molecular weight is 517 g/mol. The quantitative estimate of drug-likeness (QED) is 0.404. The number of rotatable bonds is 4. The molecule has 10 nitrogen and oxygen atoms in total. The molecule has 0 bridgehead atoms. The van der Waals surface area contributed by atoms with Crippen LogP contribution in [0.2, 0.25) is 5.02 Å². The molecule has 1 fully saturated rings. The van der Waals surface area contributed by atoms with Crippen LogP contribution in [0.15, 0.2) is 65.6 Å². The number of pyridine rings is 1. The maximum Gasteiger partial charge on any atom is 0.335 e. The summed E-state index contributed by atoms with van der Waals surface area (Å²) in [6.07, 6.45) is 2.25. The predicted octanol–water partition coefficient (Wildman–Crippen LogP) is 2.50. The third kappa shape index (κ3) is 3.52. The van der Waals surface area contributed by atoms with Gasteiger partial charge in [-0.2, -0.15) is 0 Å². The zero-order chi connectivity index (χ0) is 25.9. The number of urea groups is 1. The monoisotopic (exact) mass is 516 g/mol. The summed E-state index contributed by atoms with van der Waals surface area (Å²) in [5.41, 5.74) is 1.87. The molecule has 0 saturated carbocycles. The van der Waals surface area contributed by atoms with Crippen LogP contribution >= 0.6 is 11.6 Å². The van der Waals surface area contributed by atoms with Crippen LogP contribution in [-0.4, -0.2) is 49.5 Å². The lowest BCUT2D eigenvalue weighted by atomic mass is 9.95. The highest BCUT2D eigenvalue weighted by Gasteiger charge is 2.54. The lowest BCUT2D eigenvalue weighted by Gasteiger charge is -2.27. The molecule has 1 atom stereocenters. The highest BCUT2D eigenvalue weighted by atomic mass is 35.5. The third-order valence-electron chi connectivity index (χ3n) is 7.13. The zero-order valence-electron chi connectivity index (χ0n) is 19.7. The molecule has 4 aromatic rings. The summed E-state index contributed by atoms with van der Waals surface area (Å²) < 4.78 is 2.86. The number of halogens is 1. The third-order valence-corrected chi connectivity index (χ3v) is 7.45. The maximum absolute atomic E-state index is 13.3. The molecular formula is C26H21ClN6O4. The van der Waals surface area contributed by atoms with Crippen LogP contribution in [0.25, 0.3) is 16.9 Å². The number of hydrogen-bond donors (Lipinski definition) is 2. The second-order valence-corrected chi connectivity index (χ2v) is 9.64. The number of carbonyl (C=O) groups is 3. The maximum atomic E-state index is 13.3. The van der Waals surface area contributed by atoms with E-state index in [1.165, 1.54) is 14.0 Å². The number of hydrogen-bond acceptors (Lipinski definition) is 5. The first kappa shape index (κ1) is 23.0. The topological polar surface area (TPSA) is 118 Å². The largest absolute Gasteiger partial charge is 0.335 e. The van der Waals surface area contributed by atoms with Crippen LogP contribution < -0.4 is 16.3 Å². The Labute approximate surface area is 215 Å². The Kier molecular flexibility index (Phi) is 5.16. The molecule has 1 aliphatic heterocycles. The van der Waals surface area contributed by atoms with Gasteiger partial charge in [-0.15, -0.1) is 0 Å². The van der Waals surface area contributed by atoms with Gasteiger partial charge < -0.3 is 10.2 Å².